The number of hydrogen-bond donors (Lipinski definition) is 1. The highest BCUT2D eigenvalue weighted by Gasteiger charge is 2.19. The lowest BCUT2D eigenvalue weighted by Gasteiger charge is -2.12. The zero-order valence-corrected chi connectivity index (χ0v) is 15.2. The molecule has 3 heterocycles. The second-order valence-electron chi connectivity index (χ2n) is 5.90. The Labute approximate surface area is 153 Å². The zero-order valence-electron chi connectivity index (χ0n) is 15.2. The molecule has 0 saturated heterocycles. The summed E-state index contributed by atoms with van der Waals surface area (Å²) in [5, 5.41) is 0.812. The molecule has 3 aromatic heterocycles. The van der Waals surface area contributed by atoms with E-state index in [2.05, 4.69) is 15.0 Å². The van der Waals surface area contributed by atoms with Gasteiger partial charge < -0.3 is 23.6 Å². The summed E-state index contributed by atoms with van der Waals surface area (Å²) >= 11 is 0. The molecule has 0 atom stereocenters. The van der Waals surface area contributed by atoms with Crippen LogP contribution in [-0.2, 0) is 0 Å². The molecule has 0 unspecified atom stereocenters. The molecule has 0 aliphatic heterocycles. The number of H-pyrrole nitrogens is 1. The van der Waals surface area contributed by atoms with Crippen LogP contribution >= 0.6 is 0 Å². The minimum atomic E-state index is -0.216. The largest absolute Gasteiger partial charge is 0.493 e. The van der Waals surface area contributed by atoms with Crippen LogP contribution in [0.2, 0.25) is 0 Å². The first kappa shape index (κ1) is 16.9. The maximum atomic E-state index is 11.8. The van der Waals surface area contributed by atoms with E-state index in [1.54, 1.807) is 18.2 Å². The van der Waals surface area contributed by atoms with Crippen LogP contribution in [0.5, 0.6) is 17.2 Å². The highest BCUT2D eigenvalue weighted by atomic mass is 16.5. The van der Waals surface area contributed by atoms with Gasteiger partial charge in [0.2, 0.25) is 22.9 Å². The third-order valence-corrected chi connectivity index (χ3v) is 4.34. The van der Waals surface area contributed by atoms with Crippen molar-refractivity contribution < 1.29 is 18.6 Å². The van der Waals surface area contributed by atoms with Gasteiger partial charge in [0.15, 0.2) is 17.0 Å². The lowest BCUT2D eigenvalue weighted by Crippen LogP contribution is -2.04. The Bertz CT molecular complexity index is 1200. The van der Waals surface area contributed by atoms with E-state index in [4.69, 9.17) is 18.6 Å². The van der Waals surface area contributed by atoms with E-state index in [1.165, 1.54) is 27.4 Å². The quantitative estimate of drug-likeness (QED) is 0.592. The SMILES string of the molecule is COc1cc(-c2nc3c(nc(C)c4ccc(=O)[nH]c43)o2)cc(OC)c1OC. The topological polar surface area (TPSA) is 99.5 Å². The van der Waals surface area contributed by atoms with Gasteiger partial charge in [-0.2, -0.15) is 0 Å². The molecule has 4 rings (SSSR count). The maximum absolute atomic E-state index is 11.8. The lowest BCUT2D eigenvalue weighted by molar-refractivity contribution is 0.324. The number of methoxy groups -OCH3 is 3. The summed E-state index contributed by atoms with van der Waals surface area (Å²) in [6.07, 6.45) is 0. The summed E-state index contributed by atoms with van der Waals surface area (Å²) in [7, 11) is 4.61. The molecular formula is C19H17N3O5. The molecule has 0 aliphatic carbocycles. The van der Waals surface area contributed by atoms with Gasteiger partial charge in [0, 0.05) is 17.0 Å². The van der Waals surface area contributed by atoms with Crippen molar-refractivity contribution in [1.82, 2.24) is 15.0 Å². The number of aromatic nitrogens is 3. The van der Waals surface area contributed by atoms with Gasteiger partial charge in [-0.1, -0.05) is 0 Å². The average molecular weight is 367 g/mol. The van der Waals surface area contributed by atoms with Crippen LogP contribution in [0.25, 0.3) is 33.6 Å². The molecule has 1 aromatic carbocycles. The molecule has 0 radical (unpaired) electrons. The number of hydrogen-bond acceptors (Lipinski definition) is 7. The molecule has 4 aromatic rings. The van der Waals surface area contributed by atoms with Crippen molar-refractivity contribution in [3.63, 3.8) is 0 Å². The summed E-state index contributed by atoms with van der Waals surface area (Å²) in [6.45, 7) is 1.85. The molecule has 138 valence electrons. The van der Waals surface area contributed by atoms with E-state index < -0.39 is 0 Å². The monoisotopic (exact) mass is 367 g/mol. The van der Waals surface area contributed by atoms with Gasteiger partial charge >= 0.3 is 0 Å². The lowest BCUT2D eigenvalue weighted by atomic mass is 10.1. The fourth-order valence-electron chi connectivity index (χ4n) is 3.05. The van der Waals surface area contributed by atoms with Gasteiger partial charge in [-0.05, 0) is 25.1 Å². The highest BCUT2D eigenvalue weighted by molar-refractivity contribution is 6.00. The molecule has 8 heteroatoms. The van der Waals surface area contributed by atoms with E-state index in [0.29, 0.717) is 45.4 Å². The van der Waals surface area contributed by atoms with Crippen molar-refractivity contribution in [2.75, 3.05) is 21.3 Å². The summed E-state index contributed by atoms with van der Waals surface area (Å²) in [5.41, 5.74) is 2.56. The van der Waals surface area contributed by atoms with Crippen molar-refractivity contribution in [2.45, 2.75) is 6.92 Å². The zero-order chi connectivity index (χ0) is 19.1. The van der Waals surface area contributed by atoms with E-state index in [-0.39, 0.29) is 5.56 Å². The van der Waals surface area contributed by atoms with Crippen molar-refractivity contribution in [3.8, 4) is 28.7 Å². The third-order valence-electron chi connectivity index (χ3n) is 4.34. The maximum Gasteiger partial charge on any atom is 0.249 e. The number of oxazole rings is 1. The molecule has 1 N–H and O–H groups in total. The van der Waals surface area contributed by atoms with Crippen LogP contribution in [0.1, 0.15) is 5.69 Å². The number of fused-ring (bicyclic) bond motifs is 3. The van der Waals surface area contributed by atoms with Crippen molar-refractivity contribution in [1.29, 1.82) is 0 Å². The first-order valence-electron chi connectivity index (χ1n) is 8.16. The third kappa shape index (κ3) is 2.66. The van der Waals surface area contributed by atoms with Crippen LogP contribution in [0.15, 0.2) is 33.5 Å². The highest BCUT2D eigenvalue weighted by Crippen LogP contribution is 2.41. The second-order valence-corrected chi connectivity index (χ2v) is 5.90. The number of aryl methyl sites for hydroxylation is 1. The summed E-state index contributed by atoms with van der Waals surface area (Å²) in [6, 6.07) is 6.67. The van der Waals surface area contributed by atoms with Gasteiger partial charge in [-0.15, -0.1) is 0 Å². The summed E-state index contributed by atoms with van der Waals surface area (Å²) < 4.78 is 22.0. The molecule has 0 spiro atoms. The van der Waals surface area contributed by atoms with Gasteiger partial charge in [0.1, 0.15) is 0 Å². The Kier molecular flexibility index (Phi) is 3.95. The molecule has 0 aliphatic rings. The van der Waals surface area contributed by atoms with E-state index in [1.807, 2.05) is 6.92 Å². The minimum absolute atomic E-state index is 0.216. The summed E-state index contributed by atoms with van der Waals surface area (Å²) in [4.78, 5) is 23.6. The predicted octanol–water partition coefficient (Wildman–Crippen LogP) is 3.07. The van der Waals surface area contributed by atoms with Gasteiger partial charge in [-0.25, -0.2) is 9.97 Å². The van der Waals surface area contributed by atoms with E-state index >= 15 is 0 Å². The fourth-order valence-corrected chi connectivity index (χ4v) is 3.05. The molecule has 8 nitrogen and oxygen atoms in total. The molecule has 0 fully saturated rings. The average Bonchev–Trinajstić information content (AvgIpc) is 3.10. The van der Waals surface area contributed by atoms with Gasteiger partial charge in [-0.3, -0.25) is 4.79 Å². The standard InChI is InChI=1S/C19H17N3O5/c1-9-11-5-6-14(23)21-15(11)16-19(20-9)27-18(22-16)10-7-12(24-2)17(26-4)13(8-10)25-3/h5-8H,1-4H3,(H,21,23). The number of pyridine rings is 2. The fraction of sp³-hybridized carbons (Fsp3) is 0.211. The van der Waals surface area contributed by atoms with Crippen LogP contribution in [-0.4, -0.2) is 36.3 Å². The number of rotatable bonds is 4. The number of nitrogens with one attached hydrogen (secondary N) is 1. The second kappa shape index (κ2) is 6.31. The first-order chi connectivity index (χ1) is 13.0. The number of benzene rings is 1. The van der Waals surface area contributed by atoms with Crippen LogP contribution in [0.3, 0.4) is 0 Å². The Morgan fingerprint density at radius 1 is 1.00 bits per heavy atom. The number of nitrogens with zero attached hydrogens (tertiary/aromatic N) is 2. The normalized spacial score (nSPS) is 11.1. The molecule has 0 bridgehead atoms. The Morgan fingerprint density at radius 3 is 2.33 bits per heavy atom. The van der Waals surface area contributed by atoms with E-state index in [0.717, 1.165) is 11.1 Å². The predicted molar refractivity (Wildman–Crippen MR) is 99.8 cm³/mol. The minimum Gasteiger partial charge on any atom is -0.493 e. The molecule has 27 heavy (non-hydrogen) atoms. The number of ether oxygens (including phenoxy) is 3. The Morgan fingerprint density at radius 2 is 1.70 bits per heavy atom. The van der Waals surface area contributed by atoms with Crippen molar-refractivity contribution in [2.24, 2.45) is 0 Å². The van der Waals surface area contributed by atoms with Gasteiger partial charge in [0.25, 0.3) is 0 Å². The first-order valence-corrected chi connectivity index (χ1v) is 8.16. The molecule has 0 saturated carbocycles. The molecular weight excluding hydrogens is 350 g/mol. The van der Waals surface area contributed by atoms with Crippen LogP contribution < -0.4 is 19.8 Å². The Hall–Kier alpha value is -3.55. The smallest absolute Gasteiger partial charge is 0.249 e. The van der Waals surface area contributed by atoms with Crippen LogP contribution in [0, 0.1) is 6.92 Å². The van der Waals surface area contributed by atoms with Crippen LogP contribution in [0.4, 0.5) is 0 Å². The van der Waals surface area contributed by atoms with E-state index in [9.17, 15) is 4.79 Å². The van der Waals surface area contributed by atoms with Crippen molar-refractivity contribution in [3.05, 3.63) is 40.3 Å². The van der Waals surface area contributed by atoms with Gasteiger partial charge in [0.05, 0.1) is 32.5 Å². The van der Waals surface area contributed by atoms with Crippen molar-refractivity contribution >= 4 is 22.1 Å². The Balaban J connectivity index is 1.99. The number of aromatic amines is 1. The summed E-state index contributed by atoms with van der Waals surface area (Å²) in [5.74, 6) is 1.77. The molecule has 0 amide bonds.